The molecule has 0 aliphatic heterocycles. The lowest BCUT2D eigenvalue weighted by Gasteiger charge is -2.11. The van der Waals surface area contributed by atoms with Crippen molar-refractivity contribution >= 4 is 5.91 Å². The largest absolute Gasteiger partial charge is 0.352 e. The third kappa shape index (κ3) is 3.62. The van der Waals surface area contributed by atoms with E-state index in [-0.39, 0.29) is 11.9 Å². The van der Waals surface area contributed by atoms with Crippen LogP contribution in [0.2, 0.25) is 0 Å². The highest BCUT2D eigenvalue weighted by Crippen LogP contribution is 2.36. The van der Waals surface area contributed by atoms with Gasteiger partial charge in [-0.15, -0.1) is 0 Å². The summed E-state index contributed by atoms with van der Waals surface area (Å²) in [6.45, 7) is 2.41. The molecule has 0 spiro atoms. The minimum atomic E-state index is 0.0546. The molecule has 0 fully saturated rings. The number of carbonyl (C=O) groups excluding carboxylic acids is 1. The van der Waals surface area contributed by atoms with Crippen LogP contribution in [0.25, 0.3) is 11.1 Å². The Morgan fingerprint density at radius 1 is 1.17 bits per heavy atom. The van der Waals surface area contributed by atoms with E-state index in [1.165, 1.54) is 27.8 Å². The van der Waals surface area contributed by atoms with Crippen LogP contribution in [0, 0.1) is 0 Å². The van der Waals surface area contributed by atoms with Crippen LogP contribution in [0.3, 0.4) is 0 Å². The number of aryl methyl sites for hydroxylation is 1. The highest BCUT2D eigenvalue weighted by molar-refractivity contribution is 5.77. The third-order valence-corrected chi connectivity index (χ3v) is 4.49. The molecule has 0 unspecified atom stereocenters. The van der Waals surface area contributed by atoms with Gasteiger partial charge in [0.1, 0.15) is 0 Å². The summed E-state index contributed by atoms with van der Waals surface area (Å²) in [5.41, 5.74) is 12.4. The molecule has 0 aromatic heterocycles. The first-order chi connectivity index (χ1) is 11.2. The molecule has 3 heteroatoms. The first-order valence-electron chi connectivity index (χ1n) is 8.37. The summed E-state index contributed by atoms with van der Waals surface area (Å²) in [4.78, 5) is 11.8. The molecule has 120 valence electrons. The van der Waals surface area contributed by atoms with Crippen LogP contribution in [0.5, 0.6) is 0 Å². The summed E-state index contributed by atoms with van der Waals surface area (Å²) < 4.78 is 0. The Morgan fingerprint density at radius 3 is 2.78 bits per heavy atom. The molecule has 23 heavy (non-hydrogen) atoms. The van der Waals surface area contributed by atoms with Crippen molar-refractivity contribution in [2.45, 2.75) is 38.6 Å². The van der Waals surface area contributed by atoms with E-state index in [4.69, 9.17) is 5.73 Å². The number of hydrogen-bond acceptors (Lipinski definition) is 2. The zero-order chi connectivity index (χ0) is 16.2. The van der Waals surface area contributed by atoms with E-state index in [2.05, 4.69) is 47.8 Å². The number of benzene rings is 2. The summed E-state index contributed by atoms with van der Waals surface area (Å²) >= 11 is 0. The summed E-state index contributed by atoms with van der Waals surface area (Å²) in [6, 6.07) is 15.4. The number of carbonyl (C=O) groups is 1. The van der Waals surface area contributed by atoms with Crippen molar-refractivity contribution < 1.29 is 4.79 Å². The van der Waals surface area contributed by atoms with E-state index in [0.717, 1.165) is 19.3 Å². The van der Waals surface area contributed by atoms with Crippen LogP contribution in [-0.4, -0.2) is 18.5 Å². The van der Waals surface area contributed by atoms with E-state index in [1.54, 1.807) is 0 Å². The van der Waals surface area contributed by atoms with Gasteiger partial charge >= 0.3 is 0 Å². The van der Waals surface area contributed by atoms with Crippen molar-refractivity contribution in [2.75, 3.05) is 6.54 Å². The van der Waals surface area contributed by atoms with Crippen molar-refractivity contribution in [3.8, 4) is 11.1 Å². The molecule has 3 N–H and O–H groups in total. The van der Waals surface area contributed by atoms with Gasteiger partial charge < -0.3 is 11.1 Å². The van der Waals surface area contributed by atoms with Gasteiger partial charge in [-0.25, -0.2) is 0 Å². The van der Waals surface area contributed by atoms with E-state index >= 15 is 0 Å². The summed E-state index contributed by atoms with van der Waals surface area (Å²) in [6.07, 6.45) is 3.38. The third-order valence-electron chi connectivity index (χ3n) is 4.49. The summed E-state index contributed by atoms with van der Waals surface area (Å²) in [7, 11) is 0. The predicted octanol–water partition coefficient (Wildman–Crippen LogP) is 3.04. The normalized spacial score (nSPS) is 13.3. The Bertz CT molecular complexity index is 709. The second kappa shape index (κ2) is 6.97. The number of amides is 1. The maximum atomic E-state index is 11.8. The van der Waals surface area contributed by atoms with Gasteiger partial charge in [-0.2, -0.15) is 0 Å². The fraction of sp³-hybridized carbons (Fsp3) is 0.350. The van der Waals surface area contributed by atoms with Gasteiger partial charge in [0.25, 0.3) is 0 Å². The molecule has 0 radical (unpaired) electrons. The molecule has 0 saturated carbocycles. The van der Waals surface area contributed by atoms with Crippen molar-refractivity contribution in [2.24, 2.45) is 5.73 Å². The van der Waals surface area contributed by atoms with Gasteiger partial charge in [-0.3, -0.25) is 4.79 Å². The SMILES string of the molecule is C[C@@H](CN)NC(=O)CCCc1ccc2c(c1)-c1ccccc1C2. The predicted molar refractivity (Wildman–Crippen MR) is 94.3 cm³/mol. The highest BCUT2D eigenvalue weighted by Gasteiger charge is 2.17. The van der Waals surface area contributed by atoms with Crippen molar-refractivity contribution in [1.82, 2.24) is 5.32 Å². The van der Waals surface area contributed by atoms with Gasteiger partial charge in [0.05, 0.1) is 0 Å². The average Bonchev–Trinajstić information content (AvgIpc) is 2.92. The van der Waals surface area contributed by atoms with Crippen LogP contribution >= 0.6 is 0 Å². The fourth-order valence-corrected chi connectivity index (χ4v) is 3.19. The molecule has 3 nitrogen and oxygen atoms in total. The molecule has 2 aromatic carbocycles. The van der Waals surface area contributed by atoms with E-state index < -0.39 is 0 Å². The zero-order valence-corrected chi connectivity index (χ0v) is 13.6. The molecule has 1 atom stereocenters. The van der Waals surface area contributed by atoms with Crippen LogP contribution in [0.1, 0.15) is 36.5 Å². The molecule has 1 amide bonds. The van der Waals surface area contributed by atoms with E-state index in [9.17, 15) is 4.79 Å². The molecule has 0 bridgehead atoms. The second-order valence-corrected chi connectivity index (χ2v) is 6.38. The molecular formula is C20H24N2O. The number of nitrogens with one attached hydrogen (secondary N) is 1. The van der Waals surface area contributed by atoms with Gasteiger partial charge in [0.15, 0.2) is 0 Å². The van der Waals surface area contributed by atoms with Gasteiger partial charge in [-0.05, 0) is 54.0 Å². The van der Waals surface area contributed by atoms with Crippen LogP contribution in [-0.2, 0) is 17.6 Å². The lowest BCUT2D eigenvalue weighted by molar-refractivity contribution is -0.121. The quantitative estimate of drug-likeness (QED) is 0.735. The van der Waals surface area contributed by atoms with E-state index in [0.29, 0.717) is 13.0 Å². The lowest BCUT2D eigenvalue weighted by Crippen LogP contribution is -2.37. The Kier molecular flexibility index (Phi) is 4.77. The molecule has 2 aromatic rings. The van der Waals surface area contributed by atoms with Crippen molar-refractivity contribution in [3.05, 3.63) is 59.2 Å². The highest BCUT2D eigenvalue weighted by atomic mass is 16.1. The van der Waals surface area contributed by atoms with Crippen molar-refractivity contribution in [1.29, 1.82) is 0 Å². The second-order valence-electron chi connectivity index (χ2n) is 6.38. The monoisotopic (exact) mass is 308 g/mol. The van der Waals surface area contributed by atoms with Crippen LogP contribution in [0.4, 0.5) is 0 Å². The minimum Gasteiger partial charge on any atom is -0.352 e. The Hall–Kier alpha value is -2.13. The number of rotatable bonds is 6. The van der Waals surface area contributed by atoms with E-state index in [1.807, 2.05) is 6.92 Å². The maximum Gasteiger partial charge on any atom is 0.220 e. The van der Waals surface area contributed by atoms with Gasteiger partial charge in [0.2, 0.25) is 5.91 Å². The fourth-order valence-electron chi connectivity index (χ4n) is 3.19. The zero-order valence-electron chi connectivity index (χ0n) is 13.6. The van der Waals surface area contributed by atoms with Gasteiger partial charge in [-0.1, -0.05) is 42.5 Å². The smallest absolute Gasteiger partial charge is 0.220 e. The summed E-state index contributed by atoms with van der Waals surface area (Å²) in [5.74, 6) is 0.0921. The number of nitrogens with two attached hydrogens (primary N) is 1. The molecule has 0 saturated heterocycles. The maximum absolute atomic E-state index is 11.8. The minimum absolute atomic E-state index is 0.0546. The molecular weight excluding hydrogens is 284 g/mol. The molecule has 0 heterocycles. The molecule has 3 rings (SSSR count). The van der Waals surface area contributed by atoms with Crippen LogP contribution in [0.15, 0.2) is 42.5 Å². The standard InChI is InChI=1S/C20H24N2O/c1-14(13-21)22-20(23)8-4-5-15-9-10-17-12-16-6-2-3-7-18(16)19(17)11-15/h2-3,6-7,9-11,14H,4-5,8,12-13,21H2,1H3,(H,22,23)/t14-/m0/s1. The Balaban J connectivity index is 1.60. The first kappa shape index (κ1) is 15.8. The van der Waals surface area contributed by atoms with Gasteiger partial charge in [0, 0.05) is 19.0 Å². The summed E-state index contributed by atoms with van der Waals surface area (Å²) in [5, 5.41) is 2.91. The molecule has 1 aliphatic rings. The lowest BCUT2D eigenvalue weighted by atomic mass is 10.00. The topological polar surface area (TPSA) is 55.1 Å². The Morgan fingerprint density at radius 2 is 1.96 bits per heavy atom. The molecule has 1 aliphatic carbocycles. The number of hydrogen-bond donors (Lipinski definition) is 2. The van der Waals surface area contributed by atoms with Crippen molar-refractivity contribution in [3.63, 3.8) is 0 Å². The Labute approximate surface area is 137 Å². The average molecular weight is 308 g/mol. The van der Waals surface area contributed by atoms with Crippen LogP contribution < -0.4 is 11.1 Å². The number of fused-ring (bicyclic) bond motifs is 3. The first-order valence-corrected chi connectivity index (χ1v) is 8.37.